The number of non-ortho nitro benzene ring substituents is 1. The smallest absolute Gasteiger partial charge is 0.339 e. The summed E-state index contributed by atoms with van der Waals surface area (Å²) in [6, 6.07) is 14.7. The van der Waals surface area contributed by atoms with E-state index in [-0.39, 0.29) is 34.0 Å². The monoisotopic (exact) mass is 648 g/mol. The fourth-order valence-electron chi connectivity index (χ4n) is 3.55. The first kappa shape index (κ1) is 29.1. The molecule has 0 bridgehead atoms. The van der Waals surface area contributed by atoms with Crippen LogP contribution < -0.4 is 13.7 Å². The highest BCUT2D eigenvalue weighted by atomic mass is 79.9. The largest absolute Gasteiger partial charge is 0.493 e. The summed E-state index contributed by atoms with van der Waals surface area (Å²) in [6.07, 6.45) is 1.47. The summed E-state index contributed by atoms with van der Waals surface area (Å²) < 4.78 is 42.0. The number of ether oxygens (including phenoxy) is 2. The van der Waals surface area contributed by atoms with Crippen LogP contribution >= 0.6 is 27.7 Å². The lowest BCUT2D eigenvalue weighted by atomic mass is 10.2. The Labute approximate surface area is 242 Å². The van der Waals surface area contributed by atoms with E-state index in [2.05, 4.69) is 15.9 Å². The van der Waals surface area contributed by atoms with Crippen LogP contribution in [0.3, 0.4) is 0 Å². The van der Waals surface area contributed by atoms with E-state index in [0.717, 1.165) is 34.4 Å². The number of hydrogen-bond donors (Lipinski definition) is 0. The van der Waals surface area contributed by atoms with Gasteiger partial charge in [-0.25, -0.2) is 0 Å². The number of halogens is 1. The Balaban J connectivity index is 1.51. The molecule has 11 nitrogen and oxygen atoms in total. The molecule has 1 heterocycles. The second-order valence-electron chi connectivity index (χ2n) is 8.32. The highest BCUT2D eigenvalue weighted by Crippen LogP contribution is 2.40. The SMILES string of the molecule is COc1cc(/C=C2\SC(=O)N(CCOc3ccc(C)cc3)C2=O)cc(Br)c1OS(=O)(=O)c1cccc([N+](=O)[O-])c1. The van der Waals surface area contributed by atoms with Crippen molar-refractivity contribution in [1.82, 2.24) is 4.90 Å². The molecule has 0 aliphatic carbocycles. The van der Waals surface area contributed by atoms with E-state index >= 15 is 0 Å². The van der Waals surface area contributed by atoms with Gasteiger partial charge in [-0.15, -0.1) is 0 Å². The summed E-state index contributed by atoms with van der Waals surface area (Å²) in [5.74, 6) is -0.0705. The van der Waals surface area contributed by atoms with Gasteiger partial charge in [0, 0.05) is 12.1 Å². The van der Waals surface area contributed by atoms with Crippen molar-refractivity contribution in [1.29, 1.82) is 0 Å². The number of amides is 2. The third-order valence-corrected chi connectivity index (χ3v) is 8.25. The molecule has 3 aromatic rings. The second kappa shape index (κ2) is 12.1. The van der Waals surface area contributed by atoms with E-state index in [4.69, 9.17) is 13.7 Å². The molecule has 1 saturated heterocycles. The Hall–Kier alpha value is -3.88. The molecule has 1 aliphatic rings. The molecule has 14 heteroatoms. The Morgan fingerprint density at radius 1 is 1.10 bits per heavy atom. The molecule has 0 atom stereocenters. The van der Waals surface area contributed by atoms with Crippen molar-refractivity contribution < 1.29 is 36.6 Å². The zero-order valence-corrected chi connectivity index (χ0v) is 24.2. The van der Waals surface area contributed by atoms with E-state index in [1.807, 2.05) is 19.1 Å². The molecule has 0 aromatic heterocycles. The molecule has 1 fully saturated rings. The maximum atomic E-state index is 12.9. The maximum absolute atomic E-state index is 12.9. The van der Waals surface area contributed by atoms with E-state index in [1.165, 1.54) is 37.5 Å². The first-order valence-corrected chi connectivity index (χ1v) is 14.5. The molecule has 4 rings (SSSR count). The molecule has 0 saturated carbocycles. The van der Waals surface area contributed by atoms with Gasteiger partial charge in [-0.2, -0.15) is 8.42 Å². The van der Waals surface area contributed by atoms with Crippen LogP contribution in [0.15, 0.2) is 74.9 Å². The van der Waals surface area contributed by atoms with Crippen LogP contribution in [0.1, 0.15) is 11.1 Å². The summed E-state index contributed by atoms with van der Waals surface area (Å²) >= 11 is 4.02. The lowest BCUT2D eigenvalue weighted by molar-refractivity contribution is -0.385. The number of carbonyl (C=O) groups is 2. The van der Waals surface area contributed by atoms with Gasteiger partial charge >= 0.3 is 10.1 Å². The first-order chi connectivity index (χ1) is 19.0. The molecule has 3 aromatic carbocycles. The fourth-order valence-corrected chi connectivity index (χ4v) is 6.06. The molecular weight excluding hydrogens is 628 g/mol. The molecule has 40 heavy (non-hydrogen) atoms. The predicted octanol–water partition coefficient (Wildman–Crippen LogP) is 5.56. The van der Waals surface area contributed by atoms with Crippen molar-refractivity contribution in [3.8, 4) is 17.2 Å². The van der Waals surface area contributed by atoms with Crippen molar-refractivity contribution in [2.24, 2.45) is 0 Å². The third-order valence-electron chi connectivity index (χ3n) is 5.54. The van der Waals surface area contributed by atoms with Gasteiger partial charge in [-0.05, 0) is 76.6 Å². The van der Waals surface area contributed by atoms with Crippen molar-refractivity contribution in [3.05, 3.63) is 91.3 Å². The minimum absolute atomic E-state index is 0.000331. The third kappa shape index (κ3) is 6.63. The van der Waals surface area contributed by atoms with Gasteiger partial charge in [0.1, 0.15) is 17.3 Å². The highest BCUT2D eigenvalue weighted by Gasteiger charge is 2.35. The molecule has 0 N–H and O–H groups in total. The first-order valence-electron chi connectivity index (χ1n) is 11.5. The molecular formula is C26H21BrN2O9S2. The van der Waals surface area contributed by atoms with Crippen molar-refractivity contribution in [2.75, 3.05) is 20.3 Å². The summed E-state index contributed by atoms with van der Waals surface area (Å²) in [4.78, 5) is 36.5. The topological polar surface area (TPSA) is 142 Å². The van der Waals surface area contributed by atoms with Gasteiger partial charge in [0.25, 0.3) is 16.8 Å². The number of aryl methyl sites for hydroxylation is 1. The Morgan fingerprint density at radius 2 is 1.82 bits per heavy atom. The minimum atomic E-state index is -4.47. The van der Waals surface area contributed by atoms with Gasteiger partial charge in [0.15, 0.2) is 11.5 Å². The number of benzene rings is 3. The molecule has 0 unspecified atom stereocenters. The van der Waals surface area contributed by atoms with Gasteiger partial charge in [0.2, 0.25) is 0 Å². The Kier molecular flexibility index (Phi) is 8.81. The fraction of sp³-hybridized carbons (Fsp3) is 0.154. The number of carbonyl (C=O) groups excluding carboxylic acids is 2. The molecule has 208 valence electrons. The Morgan fingerprint density at radius 3 is 2.50 bits per heavy atom. The van der Waals surface area contributed by atoms with Crippen LogP contribution in [0.4, 0.5) is 10.5 Å². The zero-order valence-electron chi connectivity index (χ0n) is 21.0. The van der Waals surface area contributed by atoms with E-state index in [9.17, 15) is 28.1 Å². The maximum Gasteiger partial charge on any atom is 0.339 e. The predicted molar refractivity (Wildman–Crippen MR) is 151 cm³/mol. The van der Waals surface area contributed by atoms with E-state index < -0.39 is 36.8 Å². The normalized spacial score (nSPS) is 14.5. The molecule has 0 radical (unpaired) electrons. The number of nitrogens with zero attached hydrogens (tertiary/aromatic N) is 2. The quantitative estimate of drug-likeness (QED) is 0.119. The number of rotatable bonds is 10. The number of nitro groups is 1. The summed E-state index contributed by atoms with van der Waals surface area (Å²) in [5.41, 5.74) is 1.09. The second-order valence-corrected chi connectivity index (χ2v) is 11.7. The van der Waals surface area contributed by atoms with E-state index in [0.29, 0.717) is 11.3 Å². The Bertz CT molecular complexity index is 1620. The highest BCUT2D eigenvalue weighted by molar-refractivity contribution is 9.10. The van der Waals surface area contributed by atoms with Crippen molar-refractivity contribution >= 4 is 60.7 Å². The number of hydrogen-bond acceptors (Lipinski definition) is 10. The van der Waals surface area contributed by atoms with Crippen LogP contribution in [-0.4, -0.2) is 49.6 Å². The van der Waals surface area contributed by atoms with Crippen molar-refractivity contribution in [2.45, 2.75) is 11.8 Å². The summed E-state index contributed by atoms with van der Waals surface area (Å²) in [5, 5.41) is 10.6. The van der Waals surface area contributed by atoms with Gasteiger partial charge in [0.05, 0.1) is 28.0 Å². The number of nitro benzene ring substituents is 1. The average molecular weight is 649 g/mol. The molecule has 0 spiro atoms. The molecule has 2 amide bonds. The van der Waals surface area contributed by atoms with Crippen LogP contribution in [0.25, 0.3) is 6.08 Å². The number of methoxy groups -OCH3 is 1. The lowest BCUT2D eigenvalue weighted by Crippen LogP contribution is -2.32. The van der Waals surface area contributed by atoms with Crippen LogP contribution in [0.2, 0.25) is 0 Å². The number of imide groups is 1. The van der Waals surface area contributed by atoms with E-state index in [1.54, 1.807) is 12.1 Å². The lowest BCUT2D eigenvalue weighted by Gasteiger charge is -2.14. The van der Waals surface area contributed by atoms with Crippen LogP contribution in [0.5, 0.6) is 17.2 Å². The summed E-state index contributed by atoms with van der Waals surface area (Å²) in [7, 11) is -3.17. The van der Waals surface area contributed by atoms with Crippen LogP contribution in [-0.2, 0) is 14.9 Å². The van der Waals surface area contributed by atoms with Gasteiger partial charge in [-0.3, -0.25) is 24.6 Å². The van der Waals surface area contributed by atoms with Gasteiger partial charge < -0.3 is 13.7 Å². The minimum Gasteiger partial charge on any atom is -0.493 e. The summed E-state index contributed by atoms with van der Waals surface area (Å²) in [6.45, 7) is 2.14. The van der Waals surface area contributed by atoms with Gasteiger partial charge in [-0.1, -0.05) is 23.8 Å². The number of thioether (sulfide) groups is 1. The van der Waals surface area contributed by atoms with Crippen LogP contribution in [0, 0.1) is 17.0 Å². The average Bonchev–Trinajstić information content (AvgIpc) is 3.18. The molecule has 1 aliphatic heterocycles. The van der Waals surface area contributed by atoms with Crippen molar-refractivity contribution in [3.63, 3.8) is 0 Å². The standard InChI is InChI=1S/C26H21BrN2O9S2/c1-16-6-8-19(9-7-16)37-11-10-28-25(30)23(39-26(28)31)14-17-12-21(27)24(22(13-17)36-2)38-40(34,35)20-5-3-4-18(15-20)29(32)33/h3-9,12-15H,10-11H2,1-2H3/b23-14-. The zero-order chi connectivity index (χ0) is 29.0.